The first kappa shape index (κ1) is 15.4. The predicted octanol–water partition coefficient (Wildman–Crippen LogP) is 5.14. The number of hydrogen-bond donors (Lipinski definition) is 0. The average molecular weight is 302 g/mol. The number of nitrogens with zero attached hydrogens (tertiary/aromatic N) is 2. The summed E-state index contributed by atoms with van der Waals surface area (Å²) in [5, 5.41) is 10.7. The van der Waals surface area contributed by atoms with E-state index >= 15 is 0 Å². The Kier molecular flexibility index (Phi) is 5.63. The summed E-state index contributed by atoms with van der Waals surface area (Å²) in [4.78, 5) is 15.4. The van der Waals surface area contributed by atoms with E-state index in [0.29, 0.717) is 0 Å². The first-order chi connectivity index (χ1) is 10.2. The second kappa shape index (κ2) is 7.69. The van der Waals surface area contributed by atoms with Crippen molar-refractivity contribution in [3.63, 3.8) is 0 Å². The summed E-state index contributed by atoms with van der Waals surface area (Å²) >= 11 is 1.13. The first-order valence-corrected chi connectivity index (χ1v) is 7.88. The summed E-state index contributed by atoms with van der Waals surface area (Å²) in [5.74, 6) is 0. The van der Waals surface area contributed by atoms with Crippen LogP contribution in [0.5, 0.6) is 0 Å². The molecule has 0 aliphatic carbocycles. The van der Waals surface area contributed by atoms with Crippen molar-refractivity contribution in [3.8, 4) is 0 Å². The van der Waals surface area contributed by atoms with Crippen molar-refractivity contribution in [2.24, 2.45) is 4.99 Å². The first-order valence-electron chi connectivity index (χ1n) is 7.06. The second-order valence-corrected chi connectivity index (χ2v) is 5.91. The molecule has 0 atom stereocenters. The standard InChI is InChI=1S/C16H18N2O2S/c1-2-3-4-5-13-6-8-14(9-7-13)17-12-15-10-11-16(21-15)18(19)20/h6-12H,2-5H2,1H3. The molecule has 0 fully saturated rings. The quantitative estimate of drug-likeness (QED) is 0.308. The molecule has 0 saturated heterocycles. The molecule has 1 heterocycles. The molecule has 0 N–H and O–H groups in total. The molecule has 0 unspecified atom stereocenters. The number of unbranched alkanes of at least 4 members (excludes halogenated alkanes) is 2. The molecular formula is C16H18N2O2S. The fraction of sp³-hybridized carbons (Fsp3) is 0.312. The molecule has 0 aliphatic rings. The maximum Gasteiger partial charge on any atom is 0.324 e. The number of hydrogen-bond acceptors (Lipinski definition) is 4. The minimum atomic E-state index is -0.382. The zero-order chi connectivity index (χ0) is 15.1. The topological polar surface area (TPSA) is 55.5 Å². The van der Waals surface area contributed by atoms with Gasteiger partial charge in [-0.1, -0.05) is 43.2 Å². The lowest BCUT2D eigenvalue weighted by Gasteiger charge is -2.00. The number of nitro groups is 1. The fourth-order valence-electron chi connectivity index (χ4n) is 1.98. The fourth-order valence-corrected chi connectivity index (χ4v) is 2.67. The van der Waals surface area contributed by atoms with E-state index in [1.54, 1.807) is 12.3 Å². The summed E-state index contributed by atoms with van der Waals surface area (Å²) in [5.41, 5.74) is 2.19. The molecule has 0 radical (unpaired) electrons. The van der Waals surface area contributed by atoms with Crippen LogP contribution < -0.4 is 0 Å². The molecule has 2 aromatic rings. The van der Waals surface area contributed by atoms with E-state index in [0.717, 1.165) is 28.3 Å². The van der Waals surface area contributed by atoms with Crippen LogP contribution in [0.3, 0.4) is 0 Å². The molecule has 0 bridgehead atoms. The van der Waals surface area contributed by atoms with Gasteiger partial charge in [0.05, 0.1) is 15.5 Å². The van der Waals surface area contributed by atoms with Gasteiger partial charge in [-0.2, -0.15) is 0 Å². The monoisotopic (exact) mass is 302 g/mol. The lowest BCUT2D eigenvalue weighted by atomic mass is 10.1. The van der Waals surface area contributed by atoms with E-state index in [4.69, 9.17) is 0 Å². The average Bonchev–Trinajstić information content (AvgIpc) is 2.96. The van der Waals surface area contributed by atoms with Gasteiger partial charge in [-0.3, -0.25) is 15.1 Å². The minimum absolute atomic E-state index is 0.141. The van der Waals surface area contributed by atoms with Crippen LogP contribution in [-0.2, 0) is 6.42 Å². The lowest BCUT2D eigenvalue weighted by molar-refractivity contribution is -0.380. The van der Waals surface area contributed by atoms with Crippen LogP contribution in [0.25, 0.3) is 0 Å². The Balaban J connectivity index is 1.95. The Labute approximate surface area is 128 Å². The van der Waals surface area contributed by atoms with Crippen LogP contribution in [0.1, 0.15) is 36.6 Å². The van der Waals surface area contributed by atoms with Gasteiger partial charge in [0.2, 0.25) is 0 Å². The van der Waals surface area contributed by atoms with Crippen LogP contribution in [0.2, 0.25) is 0 Å². The van der Waals surface area contributed by atoms with Crippen molar-refractivity contribution in [3.05, 3.63) is 57.0 Å². The highest BCUT2D eigenvalue weighted by atomic mass is 32.1. The van der Waals surface area contributed by atoms with Crippen LogP contribution in [-0.4, -0.2) is 11.1 Å². The van der Waals surface area contributed by atoms with Gasteiger partial charge in [-0.25, -0.2) is 0 Å². The smallest absolute Gasteiger partial charge is 0.258 e. The van der Waals surface area contributed by atoms with Crippen molar-refractivity contribution in [2.75, 3.05) is 0 Å². The number of aliphatic imine (C=N–C) groups is 1. The molecule has 1 aromatic heterocycles. The van der Waals surface area contributed by atoms with Gasteiger partial charge in [0.25, 0.3) is 0 Å². The Morgan fingerprint density at radius 1 is 1.19 bits per heavy atom. The van der Waals surface area contributed by atoms with Gasteiger partial charge in [0.15, 0.2) is 0 Å². The number of aryl methyl sites for hydroxylation is 1. The van der Waals surface area contributed by atoms with Crippen molar-refractivity contribution < 1.29 is 4.92 Å². The van der Waals surface area contributed by atoms with Gasteiger partial charge in [-0.05, 0) is 36.6 Å². The molecule has 0 aliphatic heterocycles. The molecule has 1 aromatic carbocycles. The molecule has 2 rings (SSSR count). The maximum atomic E-state index is 10.6. The number of rotatable bonds is 7. The Morgan fingerprint density at radius 3 is 2.57 bits per heavy atom. The number of benzene rings is 1. The van der Waals surface area contributed by atoms with Crippen LogP contribution >= 0.6 is 11.3 Å². The van der Waals surface area contributed by atoms with Crippen LogP contribution in [0, 0.1) is 10.1 Å². The van der Waals surface area contributed by atoms with Gasteiger partial charge < -0.3 is 0 Å². The molecule has 4 nitrogen and oxygen atoms in total. The molecular weight excluding hydrogens is 284 g/mol. The van der Waals surface area contributed by atoms with E-state index in [-0.39, 0.29) is 9.92 Å². The highest BCUT2D eigenvalue weighted by molar-refractivity contribution is 7.16. The van der Waals surface area contributed by atoms with Crippen molar-refractivity contribution in [2.45, 2.75) is 32.6 Å². The van der Waals surface area contributed by atoms with Gasteiger partial charge in [0.1, 0.15) is 0 Å². The summed E-state index contributed by atoms with van der Waals surface area (Å²) < 4.78 is 0. The lowest BCUT2D eigenvalue weighted by Crippen LogP contribution is -1.84. The zero-order valence-corrected chi connectivity index (χ0v) is 12.8. The number of thiophene rings is 1. The van der Waals surface area contributed by atoms with Crippen LogP contribution in [0.4, 0.5) is 10.7 Å². The van der Waals surface area contributed by atoms with E-state index in [1.165, 1.54) is 30.9 Å². The third-order valence-electron chi connectivity index (χ3n) is 3.14. The molecule has 5 heteroatoms. The second-order valence-electron chi connectivity index (χ2n) is 4.81. The largest absolute Gasteiger partial charge is 0.324 e. The highest BCUT2D eigenvalue weighted by Crippen LogP contribution is 2.23. The zero-order valence-electron chi connectivity index (χ0n) is 12.0. The van der Waals surface area contributed by atoms with Gasteiger partial charge in [-0.15, -0.1) is 0 Å². The van der Waals surface area contributed by atoms with Crippen molar-refractivity contribution in [1.29, 1.82) is 0 Å². The van der Waals surface area contributed by atoms with E-state index in [1.807, 2.05) is 12.1 Å². The van der Waals surface area contributed by atoms with E-state index < -0.39 is 0 Å². The van der Waals surface area contributed by atoms with Crippen molar-refractivity contribution >= 4 is 28.2 Å². The molecule has 0 spiro atoms. The minimum Gasteiger partial charge on any atom is -0.258 e. The summed E-state index contributed by atoms with van der Waals surface area (Å²) in [6.07, 6.45) is 6.49. The van der Waals surface area contributed by atoms with Crippen molar-refractivity contribution in [1.82, 2.24) is 0 Å². The molecule has 0 amide bonds. The van der Waals surface area contributed by atoms with Gasteiger partial charge in [0, 0.05) is 12.3 Å². The third-order valence-corrected chi connectivity index (χ3v) is 4.11. The Morgan fingerprint density at radius 2 is 1.95 bits per heavy atom. The normalized spacial score (nSPS) is 11.1. The predicted molar refractivity (Wildman–Crippen MR) is 87.9 cm³/mol. The van der Waals surface area contributed by atoms with Crippen LogP contribution in [0.15, 0.2) is 41.4 Å². The highest BCUT2D eigenvalue weighted by Gasteiger charge is 2.07. The Hall–Kier alpha value is -2.01. The summed E-state index contributed by atoms with van der Waals surface area (Å²) in [7, 11) is 0. The van der Waals surface area contributed by atoms with E-state index in [9.17, 15) is 10.1 Å². The summed E-state index contributed by atoms with van der Waals surface area (Å²) in [6, 6.07) is 11.4. The molecule has 21 heavy (non-hydrogen) atoms. The SMILES string of the molecule is CCCCCc1ccc(N=Cc2ccc([N+](=O)[O-])s2)cc1. The van der Waals surface area contributed by atoms with E-state index in [2.05, 4.69) is 24.0 Å². The Bertz CT molecular complexity index is 617. The molecule has 0 saturated carbocycles. The third kappa shape index (κ3) is 4.79. The van der Waals surface area contributed by atoms with Gasteiger partial charge >= 0.3 is 5.00 Å². The molecule has 110 valence electrons. The maximum absolute atomic E-state index is 10.6. The summed E-state index contributed by atoms with van der Waals surface area (Å²) in [6.45, 7) is 2.20.